The molecule has 3 N–H and O–H groups in total. The fourth-order valence-corrected chi connectivity index (χ4v) is 3.69. The quantitative estimate of drug-likeness (QED) is 0.356. The number of hydrogen-bond acceptors (Lipinski definition) is 7. The summed E-state index contributed by atoms with van der Waals surface area (Å²) in [6.45, 7) is 2.27. The van der Waals surface area contributed by atoms with E-state index in [1.807, 2.05) is 61.5 Å². The number of nitrogens with one attached hydrogen (secondary N) is 1. The zero-order chi connectivity index (χ0) is 24.2. The van der Waals surface area contributed by atoms with Gasteiger partial charge in [0.15, 0.2) is 5.82 Å². The molecule has 0 saturated carbocycles. The SMILES string of the molecule is Cc1cccc(COc2ccc3nc(-c4cccnc4)nc(Nc4ccccc4C(N)=O)c3c2)n1. The Balaban J connectivity index is 1.57. The van der Waals surface area contributed by atoms with Crippen molar-refractivity contribution < 1.29 is 9.53 Å². The molecule has 2 aromatic carbocycles. The van der Waals surface area contributed by atoms with Crippen LogP contribution in [0.1, 0.15) is 21.7 Å². The molecule has 3 aromatic heterocycles. The summed E-state index contributed by atoms with van der Waals surface area (Å²) in [7, 11) is 0. The molecule has 0 aliphatic rings. The summed E-state index contributed by atoms with van der Waals surface area (Å²) in [5.41, 5.74) is 9.74. The van der Waals surface area contributed by atoms with Gasteiger partial charge in [0.05, 0.1) is 22.5 Å². The first kappa shape index (κ1) is 22.0. The number of nitrogens with two attached hydrogens (primary N) is 1. The summed E-state index contributed by atoms with van der Waals surface area (Å²) >= 11 is 0. The number of anilines is 2. The zero-order valence-corrected chi connectivity index (χ0v) is 19.0. The fraction of sp³-hybridized carbons (Fsp3) is 0.0741. The summed E-state index contributed by atoms with van der Waals surface area (Å²) in [5.74, 6) is 1.13. The molecule has 0 unspecified atom stereocenters. The van der Waals surface area contributed by atoms with Crippen molar-refractivity contribution in [1.82, 2.24) is 19.9 Å². The number of hydrogen-bond donors (Lipinski definition) is 2. The zero-order valence-electron chi connectivity index (χ0n) is 19.0. The van der Waals surface area contributed by atoms with E-state index in [0.717, 1.165) is 22.3 Å². The molecule has 0 aliphatic heterocycles. The Hall–Kier alpha value is -4.85. The molecule has 35 heavy (non-hydrogen) atoms. The number of aromatic nitrogens is 4. The lowest BCUT2D eigenvalue weighted by Crippen LogP contribution is -2.13. The van der Waals surface area contributed by atoms with E-state index in [0.29, 0.717) is 40.8 Å². The molecule has 5 rings (SSSR count). The van der Waals surface area contributed by atoms with E-state index in [4.69, 9.17) is 20.4 Å². The summed E-state index contributed by atoms with van der Waals surface area (Å²) in [5, 5.41) is 4.00. The number of ether oxygens (including phenoxy) is 1. The molecule has 8 nitrogen and oxygen atoms in total. The van der Waals surface area contributed by atoms with Gasteiger partial charge in [0.1, 0.15) is 18.2 Å². The van der Waals surface area contributed by atoms with Crippen molar-refractivity contribution >= 4 is 28.3 Å². The topological polar surface area (TPSA) is 116 Å². The van der Waals surface area contributed by atoms with Crippen LogP contribution in [0.4, 0.5) is 11.5 Å². The van der Waals surface area contributed by atoms with E-state index in [2.05, 4.69) is 15.3 Å². The van der Waals surface area contributed by atoms with Crippen LogP contribution in [-0.4, -0.2) is 25.8 Å². The number of primary amides is 1. The van der Waals surface area contributed by atoms with E-state index in [9.17, 15) is 4.79 Å². The standard InChI is InChI=1S/C27H22N6O2/c1-17-6-4-8-19(30-17)16-35-20-11-12-24-22(14-20)27(32-23-10-3-2-9-21(23)25(28)34)33-26(31-24)18-7-5-13-29-15-18/h2-15H,16H2,1H3,(H2,28,34)(H,31,32,33). The average molecular weight is 463 g/mol. The lowest BCUT2D eigenvalue weighted by molar-refractivity contribution is 0.100. The van der Waals surface area contributed by atoms with Gasteiger partial charge in [-0.25, -0.2) is 9.97 Å². The van der Waals surface area contributed by atoms with Crippen molar-refractivity contribution in [1.29, 1.82) is 0 Å². The number of benzene rings is 2. The third-order valence-corrected chi connectivity index (χ3v) is 5.37. The van der Waals surface area contributed by atoms with Crippen molar-refractivity contribution in [2.45, 2.75) is 13.5 Å². The molecule has 0 radical (unpaired) electrons. The predicted molar refractivity (Wildman–Crippen MR) is 134 cm³/mol. The van der Waals surface area contributed by atoms with Gasteiger partial charge in [-0.05, 0) is 61.5 Å². The first-order chi connectivity index (χ1) is 17.1. The Morgan fingerprint density at radius 2 is 1.86 bits per heavy atom. The van der Waals surface area contributed by atoms with Crippen LogP contribution in [0.25, 0.3) is 22.3 Å². The molecule has 0 bridgehead atoms. The minimum atomic E-state index is -0.534. The number of nitrogens with zero attached hydrogens (tertiary/aromatic N) is 4. The highest BCUT2D eigenvalue weighted by Gasteiger charge is 2.14. The van der Waals surface area contributed by atoms with Gasteiger partial charge in [-0.15, -0.1) is 0 Å². The molecule has 3 heterocycles. The van der Waals surface area contributed by atoms with E-state index in [-0.39, 0.29) is 0 Å². The predicted octanol–water partition coefficient (Wildman–Crippen LogP) is 4.82. The van der Waals surface area contributed by atoms with Crippen LogP contribution in [0.3, 0.4) is 0 Å². The third kappa shape index (κ3) is 4.91. The van der Waals surface area contributed by atoms with Crippen molar-refractivity contribution in [3.8, 4) is 17.1 Å². The number of amides is 1. The molecule has 5 aromatic rings. The molecule has 0 spiro atoms. The van der Waals surface area contributed by atoms with Crippen molar-refractivity contribution in [3.05, 3.63) is 102 Å². The number of carbonyl (C=O) groups is 1. The van der Waals surface area contributed by atoms with Crippen molar-refractivity contribution in [2.24, 2.45) is 5.73 Å². The van der Waals surface area contributed by atoms with Crippen molar-refractivity contribution in [2.75, 3.05) is 5.32 Å². The van der Waals surface area contributed by atoms with Gasteiger partial charge < -0.3 is 15.8 Å². The number of rotatable bonds is 7. The molecule has 0 saturated heterocycles. The van der Waals surface area contributed by atoms with Crippen molar-refractivity contribution in [3.63, 3.8) is 0 Å². The first-order valence-corrected chi connectivity index (χ1v) is 11.0. The van der Waals surface area contributed by atoms with Crippen LogP contribution in [-0.2, 0) is 6.61 Å². The maximum absolute atomic E-state index is 12.0. The van der Waals surface area contributed by atoms with Gasteiger partial charge in [-0.3, -0.25) is 14.8 Å². The Kier molecular flexibility index (Phi) is 6.00. The van der Waals surface area contributed by atoms with Crippen LogP contribution in [0.5, 0.6) is 5.75 Å². The smallest absolute Gasteiger partial charge is 0.250 e. The van der Waals surface area contributed by atoms with Crippen LogP contribution in [0.2, 0.25) is 0 Å². The molecule has 1 amide bonds. The lowest BCUT2D eigenvalue weighted by Gasteiger charge is -2.14. The Labute approximate surface area is 201 Å². The fourth-order valence-electron chi connectivity index (χ4n) is 3.69. The van der Waals surface area contributed by atoms with E-state index >= 15 is 0 Å². The normalized spacial score (nSPS) is 10.8. The molecule has 0 aliphatic carbocycles. The summed E-state index contributed by atoms with van der Waals surface area (Å²) < 4.78 is 6.01. The summed E-state index contributed by atoms with van der Waals surface area (Å²) in [4.78, 5) is 30.1. The Morgan fingerprint density at radius 1 is 0.971 bits per heavy atom. The largest absolute Gasteiger partial charge is 0.487 e. The highest BCUT2D eigenvalue weighted by atomic mass is 16.5. The molecule has 0 fully saturated rings. The van der Waals surface area contributed by atoms with E-state index in [1.54, 1.807) is 30.6 Å². The second-order valence-corrected chi connectivity index (χ2v) is 7.91. The van der Waals surface area contributed by atoms with E-state index < -0.39 is 5.91 Å². The Morgan fingerprint density at radius 3 is 2.66 bits per heavy atom. The maximum atomic E-state index is 12.0. The van der Waals surface area contributed by atoms with Gasteiger partial charge in [0.25, 0.3) is 5.91 Å². The number of fused-ring (bicyclic) bond motifs is 1. The minimum absolute atomic E-state index is 0.328. The highest BCUT2D eigenvalue weighted by Crippen LogP contribution is 2.31. The van der Waals surface area contributed by atoms with Gasteiger partial charge in [0, 0.05) is 29.0 Å². The molecular formula is C27H22N6O2. The maximum Gasteiger partial charge on any atom is 0.250 e. The lowest BCUT2D eigenvalue weighted by atomic mass is 10.1. The number of para-hydroxylation sites is 1. The Bertz CT molecular complexity index is 1520. The number of pyridine rings is 2. The van der Waals surface area contributed by atoms with Gasteiger partial charge in [-0.2, -0.15) is 0 Å². The van der Waals surface area contributed by atoms with Gasteiger partial charge in [-0.1, -0.05) is 18.2 Å². The minimum Gasteiger partial charge on any atom is -0.487 e. The molecule has 8 heteroatoms. The average Bonchev–Trinajstić information content (AvgIpc) is 2.88. The first-order valence-electron chi connectivity index (χ1n) is 11.0. The monoisotopic (exact) mass is 462 g/mol. The van der Waals surface area contributed by atoms with Crippen LogP contribution in [0.15, 0.2) is 85.2 Å². The van der Waals surface area contributed by atoms with E-state index in [1.165, 1.54) is 0 Å². The van der Waals surface area contributed by atoms with Gasteiger partial charge in [0.2, 0.25) is 0 Å². The summed E-state index contributed by atoms with van der Waals surface area (Å²) in [6.07, 6.45) is 3.40. The number of carbonyl (C=O) groups excluding carboxylic acids is 1. The van der Waals surface area contributed by atoms with Crippen LogP contribution in [0, 0.1) is 6.92 Å². The number of aryl methyl sites for hydroxylation is 1. The third-order valence-electron chi connectivity index (χ3n) is 5.37. The molecule has 0 atom stereocenters. The van der Waals surface area contributed by atoms with Gasteiger partial charge >= 0.3 is 0 Å². The van der Waals surface area contributed by atoms with Crippen LogP contribution >= 0.6 is 0 Å². The second-order valence-electron chi connectivity index (χ2n) is 7.91. The molecule has 172 valence electrons. The molecular weight excluding hydrogens is 440 g/mol. The van der Waals surface area contributed by atoms with Crippen LogP contribution < -0.4 is 15.8 Å². The second kappa shape index (κ2) is 9.56. The highest BCUT2D eigenvalue weighted by molar-refractivity contribution is 6.01. The summed E-state index contributed by atoms with van der Waals surface area (Å²) in [6, 6.07) is 22.2.